The summed E-state index contributed by atoms with van der Waals surface area (Å²) in [4.78, 5) is 23.8. The molecule has 0 aliphatic carbocycles. The van der Waals surface area contributed by atoms with E-state index in [9.17, 15) is 23.4 Å². The van der Waals surface area contributed by atoms with Gasteiger partial charge in [0.05, 0.1) is 10.5 Å². The minimum atomic E-state index is -3.71. The van der Waals surface area contributed by atoms with Crippen LogP contribution in [0.25, 0.3) is 0 Å². The average Bonchev–Trinajstić information content (AvgIpc) is 3.02. The number of phenols is 2. The van der Waals surface area contributed by atoms with Crippen LogP contribution in [0.2, 0.25) is 0 Å². The molecule has 44 heavy (non-hydrogen) atoms. The molecular formula is C34H38N4O5S. The van der Waals surface area contributed by atoms with Crippen molar-refractivity contribution in [2.75, 3.05) is 31.1 Å². The lowest BCUT2D eigenvalue weighted by atomic mass is 9.86. The molecule has 0 saturated carbocycles. The Morgan fingerprint density at radius 3 is 2.02 bits per heavy atom. The highest BCUT2D eigenvalue weighted by molar-refractivity contribution is 7.89. The molecule has 0 bridgehead atoms. The van der Waals surface area contributed by atoms with E-state index >= 15 is 0 Å². The van der Waals surface area contributed by atoms with E-state index in [0.717, 1.165) is 11.1 Å². The Morgan fingerprint density at radius 1 is 0.818 bits per heavy atom. The number of aromatic hydroxyl groups is 2. The molecular weight excluding hydrogens is 576 g/mol. The van der Waals surface area contributed by atoms with Crippen molar-refractivity contribution >= 4 is 21.8 Å². The number of rotatable bonds is 9. The summed E-state index contributed by atoms with van der Waals surface area (Å²) < 4.78 is 28.0. The van der Waals surface area contributed by atoms with Gasteiger partial charge in [0.1, 0.15) is 0 Å². The Bertz CT molecular complexity index is 1710. The molecule has 1 aliphatic rings. The van der Waals surface area contributed by atoms with Crippen LogP contribution in [0, 0.1) is 0 Å². The second kappa shape index (κ2) is 12.8. The first-order chi connectivity index (χ1) is 20.9. The van der Waals surface area contributed by atoms with Crippen LogP contribution in [0.1, 0.15) is 53.4 Å². The molecule has 0 unspecified atom stereocenters. The number of nitrogens with zero attached hydrogens (tertiary/aromatic N) is 4. The molecule has 0 amide bonds. The summed E-state index contributed by atoms with van der Waals surface area (Å²) in [5.41, 5.74) is 3.84. The number of sulfonamides is 1. The summed E-state index contributed by atoms with van der Waals surface area (Å²) >= 11 is 0. The Morgan fingerprint density at radius 2 is 1.41 bits per heavy atom. The number of aromatic nitrogens is 2. The lowest BCUT2D eigenvalue weighted by Crippen LogP contribution is -2.49. The smallest absolute Gasteiger partial charge is 0.243 e. The second-order valence-electron chi connectivity index (χ2n) is 12.1. The zero-order valence-electron chi connectivity index (χ0n) is 25.3. The first-order valence-corrected chi connectivity index (χ1v) is 16.1. The maximum Gasteiger partial charge on any atom is 0.243 e. The Hall–Kier alpha value is -4.28. The van der Waals surface area contributed by atoms with Gasteiger partial charge in [-0.05, 0) is 70.8 Å². The van der Waals surface area contributed by atoms with Crippen molar-refractivity contribution in [3.63, 3.8) is 0 Å². The van der Waals surface area contributed by atoms with Crippen LogP contribution < -0.4 is 4.90 Å². The molecule has 0 atom stereocenters. The number of benzene rings is 3. The summed E-state index contributed by atoms with van der Waals surface area (Å²) in [6.07, 6.45) is 4.56. The molecule has 2 heterocycles. The van der Waals surface area contributed by atoms with Gasteiger partial charge < -0.3 is 15.1 Å². The second-order valence-corrected chi connectivity index (χ2v) is 14.1. The van der Waals surface area contributed by atoms with Crippen molar-refractivity contribution in [2.24, 2.45) is 0 Å². The SMILES string of the molecule is CC(C)(C)c1ccc(CCc2cc(O)c(O)c(C(=O)Cc3ccc(S(=O)(=O)N4CCN(c5ncccn5)CC4)cc3)c2)cc1. The summed E-state index contributed by atoms with van der Waals surface area (Å²) in [5.74, 6) is -0.583. The number of carbonyl (C=O) groups is 1. The summed E-state index contributed by atoms with van der Waals surface area (Å²) in [7, 11) is -3.71. The van der Waals surface area contributed by atoms with E-state index in [1.165, 1.54) is 28.1 Å². The van der Waals surface area contributed by atoms with E-state index in [4.69, 9.17) is 0 Å². The van der Waals surface area contributed by atoms with Crippen LogP contribution >= 0.6 is 0 Å². The topological polar surface area (TPSA) is 124 Å². The van der Waals surface area contributed by atoms with E-state index < -0.39 is 15.8 Å². The zero-order valence-corrected chi connectivity index (χ0v) is 26.1. The number of hydrogen-bond donors (Lipinski definition) is 2. The summed E-state index contributed by atoms with van der Waals surface area (Å²) in [6, 6.07) is 19.5. The number of anilines is 1. The van der Waals surface area contributed by atoms with Crippen molar-refractivity contribution in [1.29, 1.82) is 0 Å². The van der Waals surface area contributed by atoms with Gasteiger partial charge in [0.25, 0.3) is 0 Å². The number of piperazine rings is 1. The molecule has 2 N–H and O–H groups in total. The van der Waals surface area contributed by atoms with Crippen LogP contribution in [-0.2, 0) is 34.7 Å². The molecule has 0 radical (unpaired) electrons. The van der Waals surface area contributed by atoms with Crippen molar-refractivity contribution in [3.8, 4) is 11.5 Å². The van der Waals surface area contributed by atoms with Gasteiger partial charge >= 0.3 is 0 Å². The summed E-state index contributed by atoms with van der Waals surface area (Å²) in [5, 5.41) is 20.8. The molecule has 230 valence electrons. The van der Waals surface area contributed by atoms with Gasteiger partial charge in [0.2, 0.25) is 16.0 Å². The van der Waals surface area contributed by atoms with Crippen molar-refractivity contribution in [3.05, 3.63) is 107 Å². The molecule has 4 aromatic rings. The normalized spacial score (nSPS) is 14.5. The first-order valence-electron chi connectivity index (χ1n) is 14.7. The molecule has 1 aromatic heterocycles. The van der Waals surface area contributed by atoms with Gasteiger partial charge in [0, 0.05) is 45.0 Å². The Kier molecular flexibility index (Phi) is 9.03. The highest BCUT2D eigenvalue weighted by Crippen LogP contribution is 2.32. The standard InChI is InChI=1S/C34H38N4O5S/c1-34(2,3)27-11-7-24(8-12-27)5-6-26-21-29(32(41)31(40)23-26)30(39)22-25-9-13-28(14-10-25)44(42,43)38-19-17-37(18-20-38)33-35-15-4-16-36-33/h4,7-16,21,23,40-41H,5-6,17-20,22H2,1-3H3. The van der Waals surface area contributed by atoms with Gasteiger partial charge in [-0.15, -0.1) is 0 Å². The number of Topliss-reactive ketones (excluding diaryl/α,β-unsaturated/α-hetero) is 1. The number of aryl methyl sites for hydroxylation is 2. The third kappa shape index (κ3) is 7.09. The van der Waals surface area contributed by atoms with Crippen molar-refractivity contribution in [2.45, 2.75) is 50.3 Å². The van der Waals surface area contributed by atoms with Gasteiger partial charge in [-0.25, -0.2) is 18.4 Å². The highest BCUT2D eigenvalue weighted by Gasteiger charge is 2.29. The minimum absolute atomic E-state index is 0.0417. The first kappa shape index (κ1) is 31.2. The third-order valence-electron chi connectivity index (χ3n) is 7.97. The minimum Gasteiger partial charge on any atom is -0.504 e. The van der Waals surface area contributed by atoms with Crippen LogP contribution in [0.4, 0.5) is 5.95 Å². The van der Waals surface area contributed by atoms with Crippen LogP contribution in [0.5, 0.6) is 11.5 Å². The highest BCUT2D eigenvalue weighted by atomic mass is 32.2. The number of ketones is 1. The van der Waals surface area contributed by atoms with E-state index in [1.807, 2.05) is 4.90 Å². The maximum atomic E-state index is 13.3. The van der Waals surface area contributed by atoms with E-state index in [2.05, 4.69) is 55.0 Å². The fourth-order valence-corrected chi connectivity index (χ4v) is 6.71. The largest absolute Gasteiger partial charge is 0.504 e. The number of phenolic OH excluding ortho intramolecular Hbond substituents is 2. The number of carbonyl (C=O) groups excluding carboxylic acids is 1. The van der Waals surface area contributed by atoms with Gasteiger partial charge in [-0.2, -0.15) is 4.31 Å². The predicted octanol–water partition coefficient (Wildman–Crippen LogP) is 4.91. The van der Waals surface area contributed by atoms with Crippen molar-refractivity contribution in [1.82, 2.24) is 14.3 Å². The monoisotopic (exact) mass is 614 g/mol. The van der Waals surface area contributed by atoms with E-state index in [0.29, 0.717) is 50.5 Å². The van der Waals surface area contributed by atoms with E-state index in [-0.39, 0.29) is 33.8 Å². The van der Waals surface area contributed by atoms with Crippen LogP contribution in [0.15, 0.2) is 84.0 Å². The average molecular weight is 615 g/mol. The van der Waals surface area contributed by atoms with Crippen LogP contribution in [-0.4, -0.2) is 64.9 Å². The molecule has 3 aromatic carbocycles. The van der Waals surface area contributed by atoms with Gasteiger partial charge in [-0.3, -0.25) is 4.79 Å². The Balaban J connectivity index is 1.22. The predicted molar refractivity (Wildman–Crippen MR) is 170 cm³/mol. The fraction of sp³-hybridized carbons (Fsp3) is 0.324. The maximum absolute atomic E-state index is 13.3. The molecule has 0 spiro atoms. The fourth-order valence-electron chi connectivity index (χ4n) is 5.29. The number of hydrogen-bond acceptors (Lipinski definition) is 8. The molecule has 9 nitrogen and oxygen atoms in total. The third-order valence-corrected chi connectivity index (χ3v) is 9.88. The van der Waals surface area contributed by atoms with E-state index in [1.54, 1.807) is 36.7 Å². The molecule has 1 saturated heterocycles. The lowest BCUT2D eigenvalue weighted by Gasteiger charge is -2.33. The zero-order chi connectivity index (χ0) is 31.5. The van der Waals surface area contributed by atoms with Gasteiger partial charge in [0.15, 0.2) is 17.3 Å². The Labute approximate surface area is 258 Å². The van der Waals surface area contributed by atoms with Crippen molar-refractivity contribution < 1.29 is 23.4 Å². The molecule has 1 aliphatic heterocycles. The van der Waals surface area contributed by atoms with Gasteiger partial charge in [-0.1, -0.05) is 57.2 Å². The lowest BCUT2D eigenvalue weighted by molar-refractivity contribution is 0.0989. The molecule has 10 heteroatoms. The summed E-state index contributed by atoms with van der Waals surface area (Å²) in [6.45, 7) is 8.08. The molecule has 5 rings (SSSR count). The molecule has 1 fully saturated rings. The van der Waals surface area contributed by atoms with Crippen LogP contribution in [0.3, 0.4) is 0 Å². The quantitative estimate of drug-likeness (QED) is 0.201.